The van der Waals surface area contributed by atoms with Gasteiger partial charge in [-0.25, -0.2) is 0 Å². The van der Waals surface area contributed by atoms with E-state index in [-0.39, 0.29) is 12.5 Å². The van der Waals surface area contributed by atoms with Gasteiger partial charge in [-0.1, -0.05) is 18.2 Å². The minimum Gasteiger partial charge on any atom is -0.354 e. The Kier molecular flexibility index (Phi) is 4.71. The van der Waals surface area contributed by atoms with Gasteiger partial charge in [-0.05, 0) is 35.1 Å². The zero-order valence-electron chi connectivity index (χ0n) is 11.9. The molecule has 0 aliphatic rings. The van der Waals surface area contributed by atoms with Gasteiger partial charge < -0.3 is 5.32 Å². The highest BCUT2D eigenvalue weighted by Gasteiger charge is 2.04. The van der Waals surface area contributed by atoms with Gasteiger partial charge in [0.2, 0.25) is 5.91 Å². The molecular formula is C15H16IN5O. The van der Waals surface area contributed by atoms with Crippen LogP contribution in [0, 0.1) is 3.57 Å². The van der Waals surface area contributed by atoms with Gasteiger partial charge in [0.15, 0.2) is 0 Å². The molecule has 2 heterocycles. The molecule has 3 rings (SSSR count). The molecule has 3 aromatic rings. The smallest absolute Gasteiger partial charge is 0.241 e. The number of carbonyl (C=O) groups is 1. The first-order chi connectivity index (χ1) is 10.7. The average molecular weight is 409 g/mol. The Hall–Kier alpha value is -1.90. The van der Waals surface area contributed by atoms with Crippen LogP contribution in [-0.2, 0) is 17.9 Å². The van der Waals surface area contributed by atoms with Gasteiger partial charge in [-0.3, -0.25) is 14.2 Å². The number of para-hydroxylation sites is 1. The van der Waals surface area contributed by atoms with Crippen molar-refractivity contribution in [2.24, 2.45) is 0 Å². The molecule has 0 saturated carbocycles. The molecule has 0 aliphatic carbocycles. The van der Waals surface area contributed by atoms with E-state index in [2.05, 4.69) is 44.2 Å². The number of hydrogen-bond acceptors (Lipinski definition) is 3. The number of hydrogen-bond donors (Lipinski definition) is 1. The summed E-state index contributed by atoms with van der Waals surface area (Å²) in [5.41, 5.74) is 1.12. The number of aromatic nitrogens is 4. The molecule has 2 aromatic heterocycles. The Labute approximate surface area is 141 Å². The number of nitrogens with one attached hydrogen (secondary N) is 1. The Balaban J connectivity index is 1.44. The summed E-state index contributed by atoms with van der Waals surface area (Å²) in [6, 6.07) is 8.12. The van der Waals surface area contributed by atoms with Gasteiger partial charge in [0, 0.05) is 24.7 Å². The first kappa shape index (κ1) is 15.0. The Bertz CT molecular complexity index is 779. The molecule has 22 heavy (non-hydrogen) atoms. The second-order valence-corrected chi connectivity index (χ2v) is 6.23. The number of nitrogens with zero attached hydrogens (tertiary/aromatic N) is 4. The third kappa shape index (κ3) is 3.65. The molecule has 1 amide bonds. The first-order valence-electron chi connectivity index (χ1n) is 7.07. The van der Waals surface area contributed by atoms with Gasteiger partial charge in [-0.2, -0.15) is 10.2 Å². The van der Waals surface area contributed by atoms with Crippen molar-refractivity contribution in [1.29, 1.82) is 0 Å². The van der Waals surface area contributed by atoms with E-state index < -0.39 is 0 Å². The maximum Gasteiger partial charge on any atom is 0.241 e. The quantitative estimate of drug-likeness (QED) is 0.501. The highest BCUT2D eigenvalue weighted by Crippen LogP contribution is 2.12. The average Bonchev–Trinajstić information content (AvgIpc) is 3.10. The van der Waals surface area contributed by atoms with Crippen LogP contribution in [0.5, 0.6) is 0 Å². The van der Waals surface area contributed by atoms with E-state index in [9.17, 15) is 4.79 Å². The van der Waals surface area contributed by atoms with Crippen LogP contribution in [-0.4, -0.2) is 32.0 Å². The van der Waals surface area contributed by atoms with Crippen molar-refractivity contribution in [2.75, 3.05) is 6.54 Å². The molecule has 0 aliphatic heterocycles. The molecule has 1 N–H and O–H groups in total. The second kappa shape index (κ2) is 6.91. The van der Waals surface area contributed by atoms with Crippen LogP contribution in [0.4, 0.5) is 0 Å². The van der Waals surface area contributed by atoms with Gasteiger partial charge in [0.05, 0.1) is 21.5 Å². The summed E-state index contributed by atoms with van der Waals surface area (Å²) < 4.78 is 4.63. The van der Waals surface area contributed by atoms with E-state index in [4.69, 9.17) is 0 Å². The fourth-order valence-corrected chi connectivity index (χ4v) is 2.73. The SMILES string of the molecule is O=C(Cn1cc(I)cn1)NCCCn1ncc2ccccc21. The summed E-state index contributed by atoms with van der Waals surface area (Å²) in [4.78, 5) is 11.8. The third-order valence-electron chi connectivity index (χ3n) is 3.33. The number of fused-ring (bicyclic) bond motifs is 1. The van der Waals surface area contributed by atoms with Crippen molar-refractivity contribution >= 4 is 39.4 Å². The second-order valence-electron chi connectivity index (χ2n) is 4.99. The van der Waals surface area contributed by atoms with Crippen molar-refractivity contribution in [1.82, 2.24) is 24.9 Å². The van der Waals surface area contributed by atoms with Crippen LogP contribution in [0.15, 0.2) is 42.9 Å². The summed E-state index contributed by atoms with van der Waals surface area (Å²) in [6.45, 7) is 1.67. The maximum absolute atomic E-state index is 11.8. The zero-order chi connectivity index (χ0) is 15.4. The van der Waals surface area contributed by atoms with E-state index in [0.29, 0.717) is 6.54 Å². The molecule has 114 valence electrons. The largest absolute Gasteiger partial charge is 0.354 e. The third-order valence-corrected chi connectivity index (χ3v) is 3.88. The predicted octanol–water partition coefficient (Wildman–Crippen LogP) is 2.04. The molecule has 0 bridgehead atoms. The minimum atomic E-state index is -0.0233. The maximum atomic E-state index is 11.8. The van der Waals surface area contributed by atoms with Gasteiger partial charge in [0.25, 0.3) is 0 Å². The number of aryl methyl sites for hydroxylation is 1. The minimum absolute atomic E-state index is 0.0233. The monoisotopic (exact) mass is 409 g/mol. The molecule has 7 heteroatoms. The van der Waals surface area contributed by atoms with Crippen LogP contribution in [0.3, 0.4) is 0 Å². The molecule has 0 unspecified atom stereocenters. The standard InChI is InChI=1S/C15H16IN5O/c16-13-9-18-20(10-13)11-15(22)17-6-3-7-21-14-5-2-1-4-12(14)8-19-21/h1-2,4-5,8-10H,3,6-7,11H2,(H,17,22). The number of amides is 1. The molecule has 6 nitrogen and oxygen atoms in total. The summed E-state index contributed by atoms with van der Waals surface area (Å²) in [5, 5.41) is 12.5. The van der Waals surface area contributed by atoms with Crippen molar-refractivity contribution in [2.45, 2.75) is 19.5 Å². The predicted molar refractivity (Wildman–Crippen MR) is 92.3 cm³/mol. The number of rotatable bonds is 6. The van der Waals surface area contributed by atoms with Crippen LogP contribution in [0.2, 0.25) is 0 Å². The molecule has 0 fully saturated rings. The summed E-state index contributed by atoms with van der Waals surface area (Å²) in [6.07, 6.45) is 6.29. The van der Waals surface area contributed by atoms with Crippen LogP contribution < -0.4 is 5.32 Å². The number of halogens is 1. The number of benzene rings is 1. The van der Waals surface area contributed by atoms with Gasteiger partial charge >= 0.3 is 0 Å². The molecule has 0 spiro atoms. The Morgan fingerprint density at radius 3 is 2.91 bits per heavy atom. The van der Waals surface area contributed by atoms with Gasteiger partial charge in [-0.15, -0.1) is 0 Å². The van der Waals surface area contributed by atoms with Crippen LogP contribution in [0.25, 0.3) is 10.9 Å². The molecule has 0 radical (unpaired) electrons. The van der Waals surface area contributed by atoms with E-state index >= 15 is 0 Å². The van der Waals surface area contributed by atoms with Crippen LogP contribution >= 0.6 is 22.6 Å². The van der Waals surface area contributed by atoms with E-state index in [1.54, 1.807) is 10.9 Å². The zero-order valence-corrected chi connectivity index (χ0v) is 14.1. The lowest BCUT2D eigenvalue weighted by Gasteiger charge is -2.06. The Morgan fingerprint density at radius 1 is 1.23 bits per heavy atom. The van der Waals surface area contributed by atoms with Crippen molar-refractivity contribution < 1.29 is 4.79 Å². The lowest BCUT2D eigenvalue weighted by molar-refractivity contribution is -0.121. The summed E-state index contributed by atoms with van der Waals surface area (Å²) >= 11 is 2.17. The van der Waals surface area contributed by atoms with Crippen molar-refractivity contribution in [3.8, 4) is 0 Å². The molecule has 0 saturated heterocycles. The molecular weight excluding hydrogens is 393 g/mol. The topological polar surface area (TPSA) is 64.7 Å². The van der Waals surface area contributed by atoms with E-state index in [1.807, 2.05) is 35.3 Å². The first-order valence-corrected chi connectivity index (χ1v) is 8.15. The lowest BCUT2D eigenvalue weighted by Crippen LogP contribution is -2.29. The van der Waals surface area contributed by atoms with Crippen LogP contribution in [0.1, 0.15) is 6.42 Å². The summed E-state index contributed by atoms with van der Waals surface area (Å²) in [5.74, 6) is -0.0233. The van der Waals surface area contributed by atoms with E-state index in [0.717, 1.165) is 27.4 Å². The summed E-state index contributed by atoms with van der Waals surface area (Å²) in [7, 11) is 0. The lowest BCUT2D eigenvalue weighted by atomic mass is 10.2. The highest BCUT2D eigenvalue weighted by atomic mass is 127. The highest BCUT2D eigenvalue weighted by molar-refractivity contribution is 14.1. The number of carbonyl (C=O) groups excluding carboxylic acids is 1. The molecule has 1 aromatic carbocycles. The Morgan fingerprint density at radius 2 is 2.09 bits per heavy atom. The fraction of sp³-hybridized carbons (Fsp3) is 0.267. The van der Waals surface area contributed by atoms with Crippen molar-refractivity contribution in [3.63, 3.8) is 0 Å². The fourth-order valence-electron chi connectivity index (χ4n) is 2.29. The van der Waals surface area contributed by atoms with Crippen molar-refractivity contribution in [3.05, 3.63) is 46.4 Å². The normalized spacial score (nSPS) is 11.0. The van der Waals surface area contributed by atoms with Gasteiger partial charge in [0.1, 0.15) is 6.54 Å². The molecule has 0 atom stereocenters. The van der Waals surface area contributed by atoms with E-state index in [1.165, 1.54) is 0 Å².